The Morgan fingerprint density at radius 2 is 0.714 bits per heavy atom. The summed E-state index contributed by atoms with van der Waals surface area (Å²) in [6, 6.07) is 0. The van der Waals surface area contributed by atoms with Gasteiger partial charge in [0.25, 0.3) is 0 Å². The van der Waals surface area contributed by atoms with E-state index in [-0.39, 0.29) is 0 Å². The van der Waals surface area contributed by atoms with Crippen molar-refractivity contribution in [3.05, 3.63) is 0 Å². The van der Waals surface area contributed by atoms with Crippen molar-refractivity contribution in [1.29, 1.82) is 0 Å². The summed E-state index contributed by atoms with van der Waals surface area (Å²) in [5.41, 5.74) is 0. The van der Waals surface area contributed by atoms with Crippen molar-refractivity contribution < 1.29 is 0 Å². The zero-order chi connectivity index (χ0) is 12.1. The third-order valence-corrected chi connectivity index (χ3v) is 1.32. The summed E-state index contributed by atoms with van der Waals surface area (Å²) >= 11 is 0. The first kappa shape index (κ1) is 19.6. The summed E-state index contributed by atoms with van der Waals surface area (Å²) in [6.07, 6.45) is 2.77. The highest BCUT2D eigenvalue weighted by Gasteiger charge is 1.95. The molecule has 0 saturated carbocycles. The van der Waals surface area contributed by atoms with Crippen molar-refractivity contribution in [3.63, 3.8) is 0 Å². The maximum atomic E-state index is 2.28. The van der Waals surface area contributed by atoms with Crippen LogP contribution in [0.2, 0.25) is 0 Å². The number of hydrogen-bond donors (Lipinski definition) is 0. The quantitative estimate of drug-likeness (QED) is 0.545. The fourth-order valence-corrected chi connectivity index (χ4v) is 0.667. The molecule has 14 heavy (non-hydrogen) atoms. The number of rotatable bonds is 3. The summed E-state index contributed by atoms with van der Waals surface area (Å²) < 4.78 is 0. The predicted octanol–water partition coefficient (Wildman–Crippen LogP) is 5.77. The molecule has 0 aromatic rings. The van der Waals surface area contributed by atoms with Crippen LogP contribution in [0.25, 0.3) is 0 Å². The first-order valence-electron chi connectivity index (χ1n) is 6.36. The van der Waals surface area contributed by atoms with Crippen molar-refractivity contribution in [1.82, 2.24) is 0 Å². The Kier molecular flexibility index (Phi) is 21.6. The molecule has 0 rings (SSSR count). The van der Waals surface area contributed by atoms with E-state index in [9.17, 15) is 0 Å². The third-order valence-electron chi connectivity index (χ3n) is 1.32. The molecule has 0 aliphatic rings. The maximum absolute atomic E-state index is 2.28. The van der Waals surface area contributed by atoms with E-state index in [1.54, 1.807) is 0 Å². The lowest BCUT2D eigenvalue weighted by molar-refractivity contribution is 0.476. The Hall–Kier alpha value is 0. The van der Waals surface area contributed by atoms with Gasteiger partial charge in [-0.15, -0.1) is 0 Å². The van der Waals surface area contributed by atoms with Crippen LogP contribution in [-0.2, 0) is 0 Å². The van der Waals surface area contributed by atoms with Crippen LogP contribution in [0.4, 0.5) is 0 Å². The molecule has 0 unspecified atom stereocenters. The Morgan fingerprint density at radius 3 is 0.786 bits per heavy atom. The summed E-state index contributed by atoms with van der Waals surface area (Å²) in [7, 11) is 0. The van der Waals surface area contributed by atoms with E-state index in [0.717, 1.165) is 17.8 Å². The summed E-state index contributed by atoms with van der Waals surface area (Å²) in [4.78, 5) is 0. The van der Waals surface area contributed by atoms with E-state index in [4.69, 9.17) is 0 Å². The fraction of sp³-hybridized carbons (Fsp3) is 1.00. The molecule has 0 amide bonds. The van der Waals surface area contributed by atoms with Crippen LogP contribution in [0.15, 0.2) is 0 Å². The normalized spacial score (nSPS) is 9.43. The highest BCUT2D eigenvalue weighted by atomic mass is 14.0. The van der Waals surface area contributed by atoms with Gasteiger partial charge in [-0.2, -0.15) is 0 Å². The van der Waals surface area contributed by atoms with Gasteiger partial charge in [-0.05, 0) is 17.8 Å². The van der Waals surface area contributed by atoms with E-state index in [1.165, 1.54) is 12.8 Å². The van der Waals surface area contributed by atoms with Crippen LogP contribution in [0, 0.1) is 17.8 Å². The lowest BCUT2D eigenvalue weighted by Crippen LogP contribution is -1.91. The lowest BCUT2D eigenvalue weighted by atomic mass is 10.0. The van der Waals surface area contributed by atoms with Crippen molar-refractivity contribution in [2.24, 2.45) is 17.8 Å². The Labute approximate surface area is 93.5 Å². The van der Waals surface area contributed by atoms with Crippen molar-refractivity contribution in [2.45, 2.75) is 75.2 Å². The molecule has 0 N–H and O–H groups in total. The van der Waals surface area contributed by atoms with Gasteiger partial charge >= 0.3 is 0 Å². The van der Waals surface area contributed by atoms with Gasteiger partial charge in [-0.1, -0.05) is 75.2 Å². The standard InChI is InChI=1S/C8H18.C4H10.C2H6/c1-7(2)5-6-8(3)4;1-4(2)3;1-2/h7-8H,5-6H2,1-4H3;4H,1-3H3;1-2H3. The molecule has 0 spiro atoms. The molecule has 0 aromatic carbocycles. The third kappa shape index (κ3) is 58.1. The van der Waals surface area contributed by atoms with E-state index in [2.05, 4.69) is 48.5 Å². The Balaban J connectivity index is -0.000000170. The first-order valence-corrected chi connectivity index (χ1v) is 6.36. The Bertz CT molecular complexity index is 59.4. The molecule has 0 heteroatoms. The number of hydrogen-bond acceptors (Lipinski definition) is 0. The van der Waals surface area contributed by atoms with E-state index in [1.807, 2.05) is 13.8 Å². The predicted molar refractivity (Wildman–Crippen MR) is 70.8 cm³/mol. The van der Waals surface area contributed by atoms with Gasteiger partial charge in [0.05, 0.1) is 0 Å². The highest BCUT2D eigenvalue weighted by molar-refractivity contribution is 4.48. The van der Waals surface area contributed by atoms with Gasteiger partial charge in [-0.25, -0.2) is 0 Å². The van der Waals surface area contributed by atoms with E-state index in [0.29, 0.717) is 0 Å². The van der Waals surface area contributed by atoms with Crippen LogP contribution in [-0.4, -0.2) is 0 Å². The van der Waals surface area contributed by atoms with Gasteiger partial charge in [0.1, 0.15) is 0 Å². The van der Waals surface area contributed by atoms with Crippen LogP contribution in [0.5, 0.6) is 0 Å². The van der Waals surface area contributed by atoms with Crippen molar-refractivity contribution in [2.75, 3.05) is 0 Å². The Morgan fingerprint density at radius 1 is 0.571 bits per heavy atom. The van der Waals surface area contributed by atoms with Crippen LogP contribution in [0.1, 0.15) is 75.2 Å². The topological polar surface area (TPSA) is 0 Å². The van der Waals surface area contributed by atoms with Crippen molar-refractivity contribution in [3.8, 4) is 0 Å². The zero-order valence-electron chi connectivity index (χ0n) is 12.1. The minimum Gasteiger partial charge on any atom is -0.0683 e. The average molecular weight is 202 g/mol. The van der Waals surface area contributed by atoms with E-state index < -0.39 is 0 Å². The first-order chi connectivity index (χ1) is 6.36. The van der Waals surface area contributed by atoms with Gasteiger partial charge in [0.15, 0.2) is 0 Å². The molecule has 0 aromatic heterocycles. The molecule has 0 radical (unpaired) electrons. The second-order valence-electron chi connectivity index (χ2n) is 5.10. The maximum Gasteiger partial charge on any atom is -0.0471 e. The minimum atomic E-state index is 0.833. The largest absolute Gasteiger partial charge is 0.0683 e. The van der Waals surface area contributed by atoms with Gasteiger partial charge < -0.3 is 0 Å². The molecule has 0 bridgehead atoms. The molecule has 90 valence electrons. The molecular formula is C14H34. The summed E-state index contributed by atoms with van der Waals surface area (Å²) in [5, 5.41) is 0. The molecular weight excluding hydrogens is 168 g/mol. The zero-order valence-corrected chi connectivity index (χ0v) is 12.1. The molecule has 0 aliphatic heterocycles. The van der Waals surface area contributed by atoms with Crippen LogP contribution < -0.4 is 0 Å². The van der Waals surface area contributed by atoms with Crippen LogP contribution >= 0.6 is 0 Å². The molecule has 0 heterocycles. The molecule has 0 atom stereocenters. The van der Waals surface area contributed by atoms with E-state index >= 15 is 0 Å². The van der Waals surface area contributed by atoms with Crippen LogP contribution in [0.3, 0.4) is 0 Å². The second kappa shape index (κ2) is 15.5. The molecule has 0 fully saturated rings. The summed E-state index contributed by atoms with van der Waals surface area (Å²) in [6.45, 7) is 19.6. The second-order valence-corrected chi connectivity index (χ2v) is 5.10. The monoisotopic (exact) mass is 202 g/mol. The SMILES string of the molecule is CC.CC(C)C.CC(C)CCC(C)C. The fourth-order valence-electron chi connectivity index (χ4n) is 0.667. The molecule has 0 nitrogen and oxygen atoms in total. The lowest BCUT2D eigenvalue weighted by Gasteiger charge is -2.05. The van der Waals surface area contributed by atoms with Gasteiger partial charge in [0.2, 0.25) is 0 Å². The molecule has 0 aliphatic carbocycles. The summed E-state index contributed by atoms with van der Waals surface area (Å²) in [5.74, 6) is 2.61. The average Bonchev–Trinajstić information content (AvgIpc) is 2.03. The minimum absolute atomic E-state index is 0.833. The van der Waals surface area contributed by atoms with Crippen molar-refractivity contribution >= 4 is 0 Å². The van der Waals surface area contributed by atoms with Gasteiger partial charge in [0, 0.05) is 0 Å². The van der Waals surface area contributed by atoms with Gasteiger partial charge in [-0.3, -0.25) is 0 Å². The smallest absolute Gasteiger partial charge is 0.0471 e. The molecule has 0 saturated heterocycles. The highest BCUT2D eigenvalue weighted by Crippen LogP contribution is 2.09.